The Labute approximate surface area is 153 Å². The van der Waals surface area contributed by atoms with Gasteiger partial charge in [0.1, 0.15) is 0 Å². The Balaban J connectivity index is 2.53. The van der Waals surface area contributed by atoms with Crippen LogP contribution in [0, 0.1) is 3.57 Å². The highest BCUT2D eigenvalue weighted by molar-refractivity contribution is 14.1. The van der Waals surface area contributed by atoms with Gasteiger partial charge in [0.2, 0.25) is 0 Å². The minimum Gasteiger partial charge on any atom is -0.504 e. The summed E-state index contributed by atoms with van der Waals surface area (Å²) in [5.74, 6) is -0.179. The summed E-state index contributed by atoms with van der Waals surface area (Å²) in [6.07, 6.45) is 0. The van der Waals surface area contributed by atoms with Gasteiger partial charge in [0.05, 0.1) is 28.4 Å². The molecule has 0 spiro atoms. The SMILES string of the molecule is CCOC(=O)C1=C(C)NC(=O)N[C@@H]1c1cc(I)c(O)c(OCC)c1. The van der Waals surface area contributed by atoms with Crippen molar-refractivity contribution in [3.8, 4) is 11.5 Å². The van der Waals surface area contributed by atoms with Gasteiger partial charge in [-0.05, 0) is 61.1 Å². The highest BCUT2D eigenvalue weighted by atomic mass is 127. The zero-order chi connectivity index (χ0) is 17.9. The van der Waals surface area contributed by atoms with Crippen molar-refractivity contribution in [2.75, 3.05) is 13.2 Å². The monoisotopic (exact) mass is 446 g/mol. The summed E-state index contributed by atoms with van der Waals surface area (Å²) in [7, 11) is 0. The molecule has 1 aromatic carbocycles. The number of halogens is 1. The lowest BCUT2D eigenvalue weighted by Gasteiger charge is -2.28. The van der Waals surface area contributed by atoms with Crippen molar-refractivity contribution < 1.29 is 24.2 Å². The van der Waals surface area contributed by atoms with Gasteiger partial charge < -0.3 is 25.2 Å². The first-order chi connectivity index (χ1) is 11.4. The van der Waals surface area contributed by atoms with E-state index in [4.69, 9.17) is 9.47 Å². The van der Waals surface area contributed by atoms with E-state index in [1.165, 1.54) is 0 Å². The number of urea groups is 1. The van der Waals surface area contributed by atoms with Gasteiger partial charge in [0, 0.05) is 5.70 Å². The second-order valence-corrected chi connectivity index (χ2v) is 6.24. The van der Waals surface area contributed by atoms with Crippen LogP contribution in [-0.4, -0.2) is 30.3 Å². The van der Waals surface area contributed by atoms with Crippen LogP contribution in [0.15, 0.2) is 23.4 Å². The molecule has 2 rings (SSSR count). The molecule has 1 aromatic rings. The van der Waals surface area contributed by atoms with E-state index in [2.05, 4.69) is 10.6 Å². The molecule has 0 fully saturated rings. The Hall–Kier alpha value is -1.97. The van der Waals surface area contributed by atoms with Crippen molar-refractivity contribution in [3.63, 3.8) is 0 Å². The molecule has 130 valence electrons. The molecule has 2 amide bonds. The van der Waals surface area contributed by atoms with Gasteiger partial charge in [-0.3, -0.25) is 0 Å². The molecule has 24 heavy (non-hydrogen) atoms. The fourth-order valence-corrected chi connectivity index (χ4v) is 3.07. The standard InChI is InChI=1S/C16H19IN2O5/c1-4-23-11-7-9(6-10(17)14(11)20)13-12(15(21)24-5-2)8(3)18-16(22)19-13/h6-7,13,20H,4-5H2,1-3H3,(H2,18,19,22)/t13-/m1/s1. The Morgan fingerprint density at radius 1 is 1.33 bits per heavy atom. The number of phenols is 1. The van der Waals surface area contributed by atoms with E-state index in [0.29, 0.717) is 32.8 Å². The Bertz CT molecular complexity index is 702. The minimum atomic E-state index is -0.689. The zero-order valence-corrected chi connectivity index (χ0v) is 15.8. The van der Waals surface area contributed by atoms with Crippen LogP contribution in [0.1, 0.15) is 32.4 Å². The maximum atomic E-state index is 12.3. The second-order valence-electron chi connectivity index (χ2n) is 5.07. The molecular formula is C16H19IN2O5. The molecule has 8 heteroatoms. The van der Waals surface area contributed by atoms with Crippen LogP contribution in [0.4, 0.5) is 4.79 Å². The molecule has 3 N–H and O–H groups in total. The summed E-state index contributed by atoms with van der Waals surface area (Å²) in [5, 5.41) is 15.4. The third-order valence-corrected chi connectivity index (χ3v) is 4.27. The molecule has 1 atom stereocenters. The van der Waals surface area contributed by atoms with Gasteiger partial charge >= 0.3 is 12.0 Å². The number of aromatic hydroxyl groups is 1. The average molecular weight is 446 g/mol. The lowest BCUT2D eigenvalue weighted by atomic mass is 9.95. The maximum absolute atomic E-state index is 12.3. The number of esters is 1. The van der Waals surface area contributed by atoms with E-state index in [9.17, 15) is 14.7 Å². The number of hydrogen-bond acceptors (Lipinski definition) is 5. The van der Waals surface area contributed by atoms with Crippen molar-refractivity contribution in [1.29, 1.82) is 0 Å². The van der Waals surface area contributed by atoms with E-state index in [1.807, 2.05) is 22.6 Å². The zero-order valence-electron chi connectivity index (χ0n) is 13.6. The molecular weight excluding hydrogens is 427 g/mol. The summed E-state index contributed by atoms with van der Waals surface area (Å²) in [6, 6.07) is 2.21. The van der Waals surface area contributed by atoms with E-state index in [-0.39, 0.29) is 12.4 Å². The van der Waals surface area contributed by atoms with Gasteiger partial charge in [-0.25, -0.2) is 9.59 Å². The number of carbonyl (C=O) groups is 2. The normalized spacial score (nSPS) is 17.2. The van der Waals surface area contributed by atoms with Crippen LogP contribution in [0.25, 0.3) is 0 Å². The van der Waals surface area contributed by atoms with Gasteiger partial charge in [0.25, 0.3) is 0 Å². The van der Waals surface area contributed by atoms with Crippen LogP contribution < -0.4 is 15.4 Å². The van der Waals surface area contributed by atoms with Crippen molar-refractivity contribution in [2.45, 2.75) is 26.8 Å². The van der Waals surface area contributed by atoms with E-state index in [1.54, 1.807) is 32.9 Å². The van der Waals surface area contributed by atoms with E-state index in [0.717, 1.165) is 0 Å². The lowest BCUT2D eigenvalue weighted by Crippen LogP contribution is -2.45. The molecule has 0 saturated carbocycles. The number of nitrogens with one attached hydrogen (secondary N) is 2. The van der Waals surface area contributed by atoms with Crippen LogP contribution >= 0.6 is 22.6 Å². The van der Waals surface area contributed by atoms with Crippen molar-refractivity contribution in [2.24, 2.45) is 0 Å². The molecule has 0 aromatic heterocycles. The maximum Gasteiger partial charge on any atom is 0.338 e. The topological polar surface area (TPSA) is 96.9 Å². The summed E-state index contributed by atoms with van der Waals surface area (Å²) < 4.78 is 11.1. The minimum absolute atomic E-state index is 0.0276. The number of amides is 2. The molecule has 0 aliphatic carbocycles. The predicted molar refractivity (Wildman–Crippen MR) is 95.7 cm³/mol. The number of allylic oxidation sites excluding steroid dienone is 1. The molecule has 0 radical (unpaired) electrons. The summed E-state index contributed by atoms with van der Waals surface area (Å²) in [4.78, 5) is 24.2. The number of hydrogen-bond donors (Lipinski definition) is 3. The predicted octanol–water partition coefficient (Wildman–Crippen LogP) is 2.59. The lowest BCUT2D eigenvalue weighted by molar-refractivity contribution is -0.139. The summed E-state index contributed by atoms with van der Waals surface area (Å²) >= 11 is 1.97. The Morgan fingerprint density at radius 2 is 2.04 bits per heavy atom. The average Bonchev–Trinajstić information content (AvgIpc) is 2.51. The quantitative estimate of drug-likeness (QED) is 0.478. The third kappa shape index (κ3) is 3.74. The first kappa shape index (κ1) is 18.4. The first-order valence-corrected chi connectivity index (χ1v) is 8.57. The largest absolute Gasteiger partial charge is 0.504 e. The Morgan fingerprint density at radius 3 is 2.67 bits per heavy atom. The van der Waals surface area contributed by atoms with E-state index >= 15 is 0 Å². The molecule has 1 aliphatic rings. The van der Waals surface area contributed by atoms with Gasteiger partial charge in [-0.15, -0.1) is 0 Å². The van der Waals surface area contributed by atoms with Crippen molar-refractivity contribution >= 4 is 34.6 Å². The molecule has 0 unspecified atom stereocenters. The molecule has 1 aliphatic heterocycles. The fourth-order valence-electron chi connectivity index (χ4n) is 2.45. The number of rotatable bonds is 5. The number of ether oxygens (including phenoxy) is 2. The smallest absolute Gasteiger partial charge is 0.338 e. The molecule has 1 heterocycles. The van der Waals surface area contributed by atoms with Crippen LogP contribution in [0.2, 0.25) is 0 Å². The summed E-state index contributed by atoms with van der Waals surface area (Å²) in [6.45, 7) is 5.78. The van der Waals surface area contributed by atoms with Crippen molar-refractivity contribution in [3.05, 3.63) is 32.5 Å². The second kappa shape index (κ2) is 7.73. The molecule has 0 saturated heterocycles. The van der Waals surface area contributed by atoms with Gasteiger partial charge in [-0.2, -0.15) is 0 Å². The number of phenolic OH excluding ortho intramolecular Hbond substituents is 1. The van der Waals surface area contributed by atoms with Gasteiger partial charge in [-0.1, -0.05) is 0 Å². The highest BCUT2D eigenvalue weighted by Gasteiger charge is 2.33. The number of benzene rings is 1. The van der Waals surface area contributed by atoms with E-state index < -0.39 is 18.0 Å². The number of carbonyl (C=O) groups excluding carboxylic acids is 2. The van der Waals surface area contributed by atoms with Crippen LogP contribution in [0.3, 0.4) is 0 Å². The van der Waals surface area contributed by atoms with Crippen molar-refractivity contribution in [1.82, 2.24) is 10.6 Å². The molecule has 7 nitrogen and oxygen atoms in total. The highest BCUT2D eigenvalue weighted by Crippen LogP contribution is 2.37. The third-order valence-electron chi connectivity index (χ3n) is 3.45. The molecule has 0 bridgehead atoms. The van der Waals surface area contributed by atoms with Crippen LogP contribution in [0.5, 0.6) is 11.5 Å². The Kier molecular flexibility index (Phi) is 5.92. The van der Waals surface area contributed by atoms with Crippen LogP contribution in [-0.2, 0) is 9.53 Å². The fraction of sp³-hybridized carbons (Fsp3) is 0.375. The van der Waals surface area contributed by atoms with Gasteiger partial charge in [0.15, 0.2) is 11.5 Å². The summed E-state index contributed by atoms with van der Waals surface area (Å²) in [5.41, 5.74) is 1.38. The first-order valence-electron chi connectivity index (χ1n) is 7.49.